The SMILES string of the molecule is Brc1cnc2c(NC[C@H]3COC4(CCOCC4)O3)ccnc2c1. The van der Waals surface area contributed by atoms with Crippen molar-refractivity contribution in [2.45, 2.75) is 24.7 Å². The molecule has 0 aromatic carbocycles. The van der Waals surface area contributed by atoms with Gasteiger partial charge in [-0.15, -0.1) is 0 Å². The number of anilines is 1. The van der Waals surface area contributed by atoms with Crippen LogP contribution in [0, 0.1) is 0 Å². The average Bonchev–Trinajstić information content (AvgIpc) is 2.95. The lowest BCUT2D eigenvalue weighted by molar-refractivity contribution is -0.209. The van der Waals surface area contributed by atoms with Gasteiger partial charge in [-0.3, -0.25) is 9.97 Å². The number of halogens is 1. The Bertz CT molecular complexity index is 706. The van der Waals surface area contributed by atoms with E-state index in [4.69, 9.17) is 14.2 Å². The first-order valence-electron chi connectivity index (χ1n) is 7.78. The van der Waals surface area contributed by atoms with Gasteiger partial charge in [0, 0.05) is 36.3 Å². The van der Waals surface area contributed by atoms with E-state index in [2.05, 4.69) is 31.2 Å². The maximum Gasteiger partial charge on any atom is 0.173 e. The van der Waals surface area contributed by atoms with Crippen molar-refractivity contribution in [3.8, 4) is 0 Å². The van der Waals surface area contributed by atoms with E-state index >= 15 is 0 Å². The van der Waals surface area contributed by atoms with Crippen LogP contribution in [-0.4, -0.2) is 48.2 Å². The summed E-state index contributed by atoms with van der Waals surface area (Å²) in [5.74, 6) is -0.436. The Hall–Kier alpha value is -1.28. The molecule has 1 spiro atoms. The summed E-state index contributed by atoms with van der Waals surface area (Å²) < 4.78 is 18.3. The predicted molar refractivity (Wildman–Crippen MR) is 89.3 cm³/mol. The molecule has 23 heavy (non-hydrogen) atoms. The molecule has 1 atom stereocenters. The molecule has 4 heterocycles. The molecule has 2 aliphatic heterocycles. The molecule has 2 aromatic rings. The molecule has 0 saturated carbocycles. The van der Waals surface area contributed by atoms with Crippen molar-refractivity contribution in [3.63, 3.8) is 0 Å². The third kappa shape index (κ3) is 3.19. The van der Waals surface area contributed by atoms with Crippen LogP contribution in [-0.2, 0) is 14.2 Å². The van der Waals surface area contributed by atoms with Crippen molar-refractivity contribution in [3.05, 3.63) is 29.0 Å². The van der Waals surface area contributed by atoms with Crippen LogP contribution in [0.2, 0.25) is 0 Å². The molecule has 2 fully saturated rings. The summed E-state index contributed by atoms with van der Waals surface area (Å²) >= 11 is 3.42. The molecule has 2 saturated heterocycles. The van der Waals surface area contributed by atoms with Crippen LogP contribution in [0.4, 0.5) is 5.69 Å². The van der Waals surface area contributed by atoms with Crippen molar-refractivity contribution in [1.29, 1.82) is 0 Å². The molecule has 0 amide bonds. The number of aromatic nitrogens is 2. The van der Waals surface area contributed by atoms with E-state index in [-0.39, 0.29) is 6.10 Å². The zero-order valence-corrected chi connectivity index (χ0v) is 14.2. The van der Waals surface area contributed by atoms with Crippen molar-refractivity contribution in [1.82, 2.24) is 9.97 Å². The molecule has 0 unspecified atom stereocenters. The van der Waals surface area contributed by atoms with Gasteiger partial charge >= 0.3 is 0 Å². The second-order valence-electron chi connectivity index (χ2n) is 5.83. The number of rotatable bonds is 3. The number of hydrogen-bond acceptors (Lipinski definition) is 6. The summed E-state index contributed by atoms with van der Waals surface area (Å²) in [6.07, 6.45) is 5.20. The first-order valence-corrected chi connectivity index (χ1v) is 8.57. The highest BCUT2D eigenvalue weighted by Gasteiger charge is 2.42. The van der Waals surface area contributed by atoms with Gasteiger partial charge in [0.15, 0.2) is 5.79 Å². The topological polar surface area (TPSA) is 65.5 Å². The smallest absolute Gasteiger partial charge is 0.173 e. The van der Waals surface area contributed by atoms with Crippen LogP contribution < -0.4 is 5.32 Å². The summed E-state index contributed by atoms with van der Waals surface area (Å²) in [7, 11) is 0. The molecular weight excluding hydrogens is 362 g/mol. The third-order valence-electron chi connectivity index (χ3n) is 4.23. The highest BCUT2D eigenvalue weighted by Crippen LogP contribution is 2.33. The summed E-state index contributed by atoms with van der Waals surface area (Å²) in [5.41, 5.74) is 2.67. The first-order chi connectivity index (χ1) is 11.2. The molecule has 2 aliphatic rings. The number of ether oxygens (including phenoxy) is 3. The fourth-order valence-corrected chi connectivity index (χ4v) is 3.35. The van der Waals surface area contributed by atoms with E-state index in [1.54, 1.807) is 12.4 Å². The van der Waals surface area contributed by atoms with Gasteiger partial charge in [-0.05, 0) is 28.1 Å². The Balaban J connectivity index is 1.44. The summed E-state index contributed by atoms with van der Waals surface area (Å²) in [6, 6.07) is 3.89. The number of hydrogen-bond donors (Lipinski definition) is 1. The van der Waals surface area contributed by atoms with Crippen molar-refractivity contribution in [2.24, 2.45) is 0 Å². The van der Waals surface area contributed by atoms with Gasteiger partial charge in [-0.2, -0.15) is 0 Å². The lowest BCUT2D eigenvalue weighted by Crippen LogP contribution is -2.38. The normalized spacial score (nSPS) is 23.4. The maximum absolute atomic E-state index is 6.13. The zero-order chi connectivity index (χ0) is 15.7. The minimum absolute atomic E-state index is 0.0340. The fourth-order valence-electron chi connectivity index (χ4n) is 3.03. The second kappa shape index (κ2) is 6.32. The second-order valence-corrected chi connectivity index (χ2v) is 6.75. The number of pyridine rings is 2. The van der Waals surface area contributed by atoms with Crippen LogP contribution in [0.3, 0.4) is 0 Å². The third-order valence-corrected chi connectivity index (χ3v) is 4.67. The Kier molecular flexibility index (Phi) is 4.19. The molecule has 122 valence electrons. The molecule has 0 bridgehead atoms. The predicted octanol–water partition coefficient (Wildman–Crippen LogP) is 2.73. The first kappa shape index (κ1) is 15.3. The average molecular weight is 380 g/mol. The molecule has 2 aromatic heterocycles. The minimum Gasteiger partial charge on any atom is -0.381 e. The van der Waals surface area contributed by atoms with Gasteiger partial charge in [-0.1, -0.05) is 0 Å². The lowest BCUT2D eigenvalue weighted by atomic mass is 10.1. The quantitative estimate of drug-likeness (QED) is 0.884. The Morgan fingerprint density at radius 2 is 2.17 bits per heavy atom. The van der Waals surface area contributed by atoms with Crippen LogP contribution >= 0.6 is 15.9 Å². The van der Waals surface area contributed by atoms with E-state index in [9.17, 15) is 0 Å². The molecular formula is C16H18BrN3O3. The fraction of sp³-hybridized carbons (Fsp3) is 0.500. The zero-order valence-electron chi connectivity index (χ0n) is 12.6. The lowest BCUT2D eigenvalue weighted by Gasteiger charge is -2.31. The van der Waals surface area contributed by atoms with E-state index < -0.39 is 5.79 Å². The molecule has 1 N–H and O–H groups in total. The Morgan fingerprint density at radius 3 is 3.04 bits per heavy atom. The van der Waals surface area contributed by atoms with Gasteiger partial charge in [0.1, 0.15) is 11.6 Å². The monoisotopic (exact) mass is 379 g/mol. The van der Waals surface area contributed by atoms with Gasteiger partial charge in [0.2, 0.25) is 0 Å². The molecule has 7 heteroatoms. The van der Waals surface area contributed by atoms with Gasteiger partial charge in [0.05, 0.1) is 31.0 Å². The van der Waals surface area contributed by atoms with Crippen molar-refractivity contribution >= 4 is 32.7 Å². The van der Waals surface area contributed by atoms with Gasteiger partial charge in [0.25, 0.3) is 0 Å². The largest absolute Gasteiger partial charge is 0.381 e. The highest BCUT2D eigenvalue weighted by atomic mass is 79.9. The summed E-state index contributed by atoms with van der Waals surface area (Å²) in [6.45, 7) is 2.69. The van der Waals surface area contributed by atoms with Crippen LogP contribution in [0.25, 0.3) is 11.0 Å². The minimum atomic E-state index is -0.436. The Labute approximate surface area is 142 Å². The molecule has 0 aliphatic carbocycles. The highest BCUT2D eigenvalue weighted by molar-refractivity contribution is 9.10. The number of nitrogens with zero attached hydrogens (tertiary/aromatic N) is 2. The maximum atomic E-state index is 6.13. The van der Waals surface area contributed by atoms with Gasteiger partial charge in [-0.25, -0.2) is 0 Å². The van der Waals surface area contributed by atoms with E-state index in [1.807, 2.05) is 12.1 Å². The van der Waals surface area contributed by atoms with E-state index in [0.717, 1.165) is 34.0 Å². The standard InChI is InChI=1S/C16H18BrN3O3/c17-11-7-14-15(20-8-11)13(1-4-18-14)19-9-12-10-22-16(23-12)2-5-21-6-3-16/h1,4,7-8,12H,2-3,5-6,9-10H2,(H,18,19)/t12-/m0/s1. The van der Waals surface area contributed by atoms with Crippen LogP contribution in [0.5, 0.6) is 0 Å². The number of fused-ring (bicyclic) bond motifs is 1. The van der Waals surface area contributed by atoms with Crippen molar-refractivity contribution in [2.75, 3.05) is 31.7 Å². The van der Waals surface area contributed by atoms with Crippen LogP contribution in [0.1, 0.15) is 12.8 Å². The van der Waals surface area contributed by atoms with Crippen LogP contribution in [0.15, 0.2) is 29.0 Å². The van der Waals surface area contributed by atoms with Gasteiger partial charge < -0.3 is 19.5 Å². The molecule has 6 nitrogen and oxygen atoms in total. The number of nitrogens with one attached hydrogen (secondary N) is 1. The summed E-state index contributed by atoms with van der Waals surface area (Å²) in [4.78, 5) is 8.80. The summed E-state index contributed by atoms with van der Waals surface area (Å²) in [5, 5.41) is 3.42. The van der Waals surface area contributed by atoms with Crippen molar-refractivity contribution < 1.29 is 14.2 Å². The van der Waals surface area contributed by atoms with E-state index in [0.29, 0.717) is 26.4 Å². The van der Waals surface area contributed by atoms with E-state index in [1.165, 1.54) is 0 Å². The molecule has 0 radical (unpaired) electrons. The molecule has 4 rings (SSSR count). The Morgan fingerprint density at radius 1 is 1.30 bits per heavy atom.